The van der Waals surface area contributed by atoms with E-state index in [0.29, 0.717) is 0 Å². The van der Waals surface area contributed by atoms with E-state index in [1.165, 1.54) is 54.6 Å². The van der Waals surface area contributed by atoms with E-state index in [4.69, 9.17) is 0 Å². The molecule has 0 aliphatic heterocycles. The number of anilines is 12. The first kappa shape index (κ1) is 51.5. The summed E-state index contributed by atoms with van der Waals surface area (Å²) in [7, 11) is 0. The van der Waals surface area contributed by atoms with Gasteiger partial charge in [-0.2, -0.15) is 0 Å². The zero-order chi connectivity index (χ0) is 56.7. The first-order valence-electron chi connectivity index (χ1n) is 29.0. The van der Waals surface area contributed by atoms with Gasteiger partial charge in [0.1, 0.15) is 0 Å². The van der Waals surface area contributed by atoms with Crippen molar-refractivity contribution in [3.05, 3.63) is 326 Å². The predicted molar refractivity (Wildman–Crippen MR) is 359 cm³/mol. The summed E-state index contributed by atoms with van der Waals surface area (Å²) >= 11 is 0. The number of hydrogen-bond donors (Lipinski definition) is 0. The van der Waals surface area contributed by atoms with Gasteiger partial charge in [0.2, 0.25) is 0 Å². The summed E-state index contributed by atoms with van der Waals surface area (Å²) in [6.45, 7) is 8.65. The minimum absolute atomic E-state index is 1.08. The number of benzene rings is 14. The molecule has 14 aromatic carbocycles. The molecule has 0 aromatic heterocycles. The zero-order valence-corrected chi connectivity index (χ0v) is 47.7. The highest BCUT2D eigenvalue weighted by Gasteiger charge is 2.27. The number of hydrogen-bond acceptors (Lipinski definition) is 4. The van der Waals surface area contributed by atoms with Crippen LogP contribution in [0.5, 0.6) is 0 Å². The number of para-hydroxylation sites is 4. The van der Waals surface area contributed by atoms with E-state index in [1.807, 2.05) is 0 Å². The average Bonchev–Trinajstić information content (AvgIpc) is 0.970. The average molecular weight is 1080 g/mol. The molecule has 0 saturated carbocycles. The standard InChI is InChI=1S/C80H62N4/c1-55-25-37-67(38-26-55)83(68-39-27-56(2)28-40-68)77-53-75(59-33-45-65(46-34-59)81(61-17-9-5-10-18-61)62-19-11-6-12-20-62)71-50-52-74-78(84(69-41-29-57(3)30-42-69)70-43-31-58(4)32-44-70)54-76(72-49-51-73(77)79(71)80(72)74)60-35-47-66(48-36-60)82(63-21-13-7-14-22-63)64-23-15-8-16-24-64/h5-54H,1-4H3. The number of rotatable bonds is 14. The molecule has 84 heavy (non-hydrogen) atoms. The molecule has 4 nitrogen and oxygen atoms in total. The molecule has 14 aromatic rings. The molecule has 0 N–H and O–H groups in total. The topological polar surface area (TPSA) is 13.0 Å². The van der Waals surface area contributed by atoms with Crippen molar-refractivity contribution in [3.63, 3.8) is 0 Å². The summed E-state index contributed by atoms with van der Waals surface area (Å²) in [5, 5.41) is 7.14. The molecule has 0 amide bonds. The summed E-state index contributed by atoms with van der Waals surface area (Å²) in [4.78, 5) is 9.60. The molecule has 0 heterocycles. The van der Waals surface area contributed by atoms with E-state index in [1.54, 1.807) is 0 Å². The van der Waals surface area contributed by atoms with Crippen LogP contribution in [-0.4, -0.2) is 0 Å². The summed E-state index contributed by atoms with van der Waals surface area (Å²) in [5.74, 6) is 0. The Morgan fingerprint density at radius 3 is 0.667 bits per heavy atom. The van der Waals surface area contributed by atoms with Crippen molar-refractivity contribution in [2.75, 3.05) is 19.6 Å². The van der Waals surface area contributed by atoms with Gasteiger partial charge in [-0.25, -0.2) is 0 Å². The summed E-state index contributed by atoms with van der Waals surface area (Å²) in [6, 6.07) is 111. The SMILES string of the molecule is Cc1ccc(N(c2ccc(C)cc2)c2cc(-c3ccc(N(c4ccccc4)c4ccccc4)cc3)c3ccc4c(N(c5ccc(C)cc5)c5ccc(C)cc5)cc(-c5ccc(N(c6ccccc6)c6ccccc6)cc5)c5ccc2c3c54)cc1. The minimum Gasteiger partial charge on any atom is -0.311 e. The second-order valence-electron chi connectivity index (χ2n) is 22.1. The van der Waals surface area contributed by atoms with Crippen LogP contribution in [0.4, 0.5) is 68.2 Å². The Balaban J connectivity index is 1.06. The van der Waals surface area contributed by atoms with Crippen molar-refractivity contribution < 1.29 is 0 Å². The Labute approximate surface area is 493 Å². The first-order chi connectivity index (χ1) is 41.3. The van der Waals surface area contributed by atoms with Crippen molar-refractivity contribution in [1.29, 1.82) is 0 Å². The van der Waals surface area contributed by atoms with Gasteiger partial charge in [-0.05, 0) is 194 Å². The Kier molecular flexibility index (Phi) is 13.5. The Morgan fingerprint density at radius 2 is 0.405 bits per heavy atom. The molecule has 0 spiro atoms. The van der Waals surface area contributed by atoms with Gasteiger partial charge in [-0.3, -0.25) is 0 Å². The van der Waals surface area contributed by atoms with Crippen LogP contribution in [0.2, 0.25) is 0 Å². The molecule has 0 fully saturated rings. The lowest BCUT2D eigenvalue weighted by Crippen LogP contribution is -2.12. The maximum atomic E-state index is 2.46. The largest absolute Gasteiger partial charge is 0.311 e. The van der Waals surface area contributed by atoms with Gasteiger partial charge in [-0.15, -0.1) is 0 Å². The van der Waals surface area contributed by atoms with Gasteiger partial charge in [0.05, 0.1) is 11.4 Å². The predicted octanol–water partition coefficient (Wildman–Crippen LogP) is 23.0. The molecular weight excluding hydrogens is 1020 g/mol. The maximum Gasteiger partial charge on any atom is 0.0546 e. The zero-order valence-electron chi connectivity index (χ0n) is 47.7. The minimum atomic E-state index is 1.08. The quantitative estimate of drug-likeness (QED) is 0.101. The molecule has 14 rings (SSSR count). The first-order valence-corrected chi connectivity index (χ1v) is 29.0. The third-order valence-corrected chi connectivity index (χ3v) is 16.4. The summed E-state index contributed by atoms with van der Waals surface area (Å²) in [6.07, 6.45) is 0. The van der Waals surface area contributed by atoms with Gasteiger partial charge in [0.15, 0.2) is 0 Å². The molecule has 0 saturated heterocycles. The lowest BCUT2D eigenvalue weighted by molar-refractivity contribution is 1.28. The molecular formula is C80H62N4. The van der Waals surface area contributed by atoms with Crippen LogP contribution in [0.3, 0.4) is 0 Å². The van der Waals surface area contributed by atoms with Crippen molar-refractivity contribution >= 4 is 101 Å². The number of nitrogens with zero attached hydrogens (tertiary/aromatic N) is 4. The molecule has 402 valence electrons. The lowest BCUT2D eigenvalue weighted by Gasteiger charge is -2.31. The molecule has 0 radical (unpaired) electrons. The Morgan fingerprint density at radius 1 is 0.190 bits per heavy atom. The monoisotopic (exact) mass is 1080 g/mol. The van der Waals surface area contributed by atoms with Crippen molar-refractivity contribution in [2.45, 2.75) is 27.7 Å². The lowest BCUT2D eigenvalue weighted by atomic mass is 9.85. The molecule has 4 heteroatoms. The second-order valence-corrected chi connectivity index (χ2v) is 22.1. The van der Waals surface area contributed by atoms with Crippen molar-refractivity contribution in [2.24, 2.45) is 0 Å². The van der Waals surface area contributed by atoms with Crippen LogP contribution in [0.1, 0.15) is 22.3 Å². The number of aryl methyl sites for hydroxylation is 4. The highest BCUT2D eigenvalue weighted by Crippen LogP contribution is 2.53. The molecule has 0 aliphatic carbocycles. The third kappa shape index (κ3) is 9.63. The van der Waals surface area contributed by atoms with Gasteiger partial charge >= 0.3 is 0 Å². The van der Waals surface area contributed by atoms with E-state index in [-0.39, 0.29) is 0 Å². The fourth-order valence-electron chi connectivity index (χ4n) is 12.2. The molecule has 0 unspecified atom stereocenters. The van der Waals surface area contributed by atoms with E-state index in [2.05, 4.69) is 351 Å². The molecule has 0 atom stereocenters. The molecule has 0 aliphatic rings. The van der Waals surface area contributed by atoms with Crippen LogP contribution in [0, 0.1) is 27.7 Å². The smallest absolute Gasteiger partial charge is 0.0546 e. The highest BCUT2D eigenvalue weighted by molar-refractivity contribution is 6.32. The van der Waals surface area contributed by atoms with Crippen LogP contribution < -0.4 is 19.6 Å². The maximum absolute atomic E-state index is 2.46. The van der Waals surface area contributed by atoms with Gasteiger partial charge < -0.3 is 19.6 Å². The van der Waals surface area contributed by atoms with E-state index >= 15 is 0 Å². The summed E-state index contributed by atoms with van der Waals surface area (Å²) < 4.78 is 0. The Hall–Kier alpha value is -10.7. The van der Waals surface area contributed by atoms with Crippen molar-refractivity contribution in [1.82, 2.24) is 0 Å². The van der Waals surface area contributed by atoms with Gasteiger partial charge in [0.25, 0.3) is 0 Å². The van der Waals surface area contributed by atoms with E-state index in [9.17, 15) is 0 Å². The van der Waals surface area contributed by atoms with Crippen LogP contribution >= 0.6 is 0 Å². The second kappa shape index (κ2) is 22.0. The highest BCUT2D eigenvalue weighted by atomic mass is 15.2. The Bertz CT molecular complexity index is 4100. The normalized spacial score (nSPS) is 11.3. The fourth-order valence-corrected chi connectivity index (χ4v) is 12.2. The van der Waals surface area contributed by atoms with Crippen LogP contribution in [0.15, 0.2) is 303 Å². The van der Waals surface area contributed by atoms with Crippen LogP contribution in [0.25, 0.3) is 54.6 Å². The third-order valence-electron chi connectivity index (χ3n) is 16.4. The summed E-state index contributed by atoms with van der Waals surface area (Å²) in [5.41, 5.74) is 22.6. The van der Waals surface area contributed by atoms with E-state index < -0.39 is 0 Å². The van der Waals surface area contributed by atoms with Gasteiger partial charge in [-0.1, -0.05) is 192 Å². The van der Waals surface area contributed by atoms with Crippen molar-refractivity contribution in [3.8, 4) is 22.3 Å². The fraction of sp³-hybridized carbons (Fsp3) is 0.0500. The van der Waals surface area contributed by atoms with E-state index in [0.717, 1.165) is 90.5 Å². The van der Waals surface area contributed by atoms with Gasteiger partial charge in [0, 0.05) is 78.4 Å². The van der Waals surface area contributed by atoms with Crippen LogP contribution in [-0.2, 0) is 0 Å². The molecule has 0 bridgehead atoms.